The molecule has 1 aromatic heterocycles. The molecule has 1 aliphatic rings. The third kappa shape index (κ3) is 5.76. The molecule has 0 aliphatic carbocycles. The lowest BCUT2D eigenvalue weighted by Gasteiger charge is -2.31. The highest BCUT2D eigenvalue weighted by Crippen LogP contribution is 2.19. The Balaban J connectivity index is 1.40. The van der Waals surface area contributed by atoms with Gasteiger partial charge in [0.05, 0.1) is 17.9 Å². The summed E-state index contributed by atoms with van der Waals surface area (Å²) in [5.41, 5.74) is 4.02. The fourth-order valence-corrected chi connectivity index (χ4v) is 3.14. The second-order valence-corrected chi connectivity index (χ2v) is 7.26. The number of ether oxygens (including phenoxy) is 1. The number of amides is 1. The minimum atomic E-state index is 0.0651. The van der Waals surface area contributed by atoms with Crippen LogP contribution in [0.1, 0.15) is 35.4 Å². The summed E-state index contributed by atoms with van der Waals surface area (Å²) in [4.78, 5) is 23.1. The quantitative estimate of drug-likeness (QED) is 0.849. The number of carbonyl (C=O) groups excluding carboxylic acids is 1. The van der Waals surface area contributed by atoms with E-state index in [0.717, 1.165) is 42.9 Å². The number of benzene rings is 1. The number of likely N-dealkylation sites (tertiary alicyclic amines) is 1. The van der Waals surface area contributed by atoms with Crippen molar-refractivity contribution >= 4 is 5.91 Å². The molecule has 0 saturated carbocycles. The molecule has 0 spiro atoms. The van der Waals surface area contributed by atoms with E-state index in [4.69, 9.17) is 4.74 Å². The van der Waals surface area contributed by atoms with E-state index in [-0.39, 0.29) is 12.0 Å². The van der Waals surface area contributed by atoms with E-state index in [2.05, 4.69) is 51.4 Å². The third-order valence-electron chi connectivity index (χ3n) is 4.82. The normalized spacial score (nSPS) is 15.5. The average Bonchev–Trinajstić information content (AvgIpc) is 2.66. The first-order chi connectivity index (χ1) is 13.0. The van der Waals surface area contributed by atoms with E-state index < -0.39 is 0 Å². The van der Waals surface area contributed by atoms with E-state index in [1.54, 1.807) is 6.20 Å². The largest absolute Gasteiger partial charge is 0.473 e. The molecule has 1 fully saturated rings. The number of nitrogens with one attached hydrogen (secondary N) is 1. The monoisotopic (exact) mass is 368 g/mol. The van der Waals surface area contributed by atoms with Gasteiger partial charge in [-0.05, 0) is 39.2 Å². The maximum atomic E-state index is 12.2. The molecule has 27 heavy (non-hydrogen) atoms. The van der Waals surface area contributed by atoms with E-state index in [1.165, 1.54) is 5.56 Å². The van der Waals surface area contributed by atoms with Gasteiger partial charge in [-0.15, -0.1) is 0 Å². The van der Waals surface area contributed by atoms with Gasteiger partial charge < -0.3 is 10.1 Å². The summed E-state index contributed by atoms with van der Waals surface area (Å²) >= 11 is 0. The molecule has 1 N–H and O–H groups in total. The van der Waals surface area contributed by atoms with Crippen LogP contribution in [0.3, 0.4) is 0 Å². The molecule has 6 heteroatoms. The fourth-order valence-electron chi connectivity index (χ4n) is 3.14. The Morgan fingerprint density at radius 1 is 1.19 bits per heavy atom. The molecular weight excluding hydrogens is 340 g/mol. The second kappa shape index (κ2) is 8.95. The Labute approximate surface area is 161 Å². The van der Waals surface area contributed by atoms with E-state index in [9.17, 15) is 4.79 Å². The van der Waals surface area contributed by atoms with Crippen molar-refractivity contribution in [3.05, 3.63) is 53.0 Å². The molecule has 1 aromatic carbocycles. The lowest BCUT2D eigenvalue weighted by Crippen LogP contribution is -2.43. The second-order valence-electron chi connectivity index (χ2n) is 7.26. The number of aromatic nitrogens is 2. The number of carbonyl (C=O) groups is 1. The van der Waals surface area contributed by atoms with Crippen molar-refractivity contribution in [2.24, 2.45) is 0 Å². The van der Waals surface area contributed by atoms with E-state index >= 15 is 0 Å². The van der Waals surface area contributed by atoms with Gasteiger partial charge in [0.15, 0.2) is 0 Å². The van der Waals surface area contributed by atoms with Crippen molar-refractivity contribution in [2.75, 3.05) is 19.6 Å². The standard InChI is InChI=1S/C21H28N4O2/c1-15-4-6-18(7-5-15)13-23-20(26)14-25-10-8-19(9-11-25)27-21-17(3)22-12-16(2)24-21/h4-7,12,19H,8-11,13-14H2,1-3H3,(H,23,26). The van der Waals surface area contributed by atoms with Crippen molar-refractivity contribution in [3.63, 3.8) is 0 Å². The maximum absolute atomic E-state index is 12.2. The molecule has 1 aliphatic heterocycles. The van der Waals surface area contributed by atoms with Gasteiger partial charge >= 0.3 is 0 Å². The number of aryl methyl sites for hydroxylation is 3. The zero-order valence-electron chi connectivity index (χ0n) is 16.4. The number of nitrogens with zero attached hydrogens (tertiary/aromatic N) is 3. The van der Waals surface area contributed by atoms with Crippen LogP contribution in [0.25, 0.3) is 0 Å². The Bertz CT molecular complexity index is 768. The highest BCUT2D eigenvalue weighted by molar-refractivity contribution is 5.78. The number of piperidine rings is 1. The van der Waals surface area contributed by atoms with Crippen molar-refractivity contribution in [1.82, 2.24) is 20.2 Å². The lowest BCUT2D eigenvalue weighted by atomic mass is 10.1. The highest BCUT2D eigenvalue weighted by Gasteiger charge is 2.23. The Kier molecular flexibility index (Phi) is 6.40. The van der Waals surface area contributed by atoms with Gasteiger partial charge in [-0.1, -0.05) is 29.8 Å². The molecule has 0 bridgehead atoms. The lowest BCUT2D eigenvalue weighted by molar-refractivity contribution is -0.122. The van der Waals surface area contributed by atoms with Crippen LogP contribution >= 0.6 is 0 Å². The molecule has 0 unspecified atom stereocenters. The number of hydrogen-bond acceptors (Lipinski definition) is 5. The molecule has 0 radical (unpaired) electrons. The van der Waals surface area contributed by atoms with Crippen LogP contribution in [-0.2, 0) is 11.3 Å². The maximum Gasteiger partial charge on any atom is 0.235 e. The number of rotatable bonds is 6. The third-order valence-corrected chi connectivity index (χ3v) is 4.82. The summed E-state index contributed by atoms with van der Waals surface area (Å²) < 4.78 is 6.03. The summed E-state index contributed by atoms with van der Waals surface area (Å²) in [6.07, 6.45) is 3.66. The van der Waals surface area contributed by atoms with Crippen LogP contribution in [0.2, 0.25) is 0 Å². The van der Waals surface area contributed by atoms with Gasteiger partial charge in [0.25, 0.3) is 0 Å². The molecule has 3 rings (SSSR count). The summed E-state index contributed by atoms with van der Waals surface area (Å²) in [7, 11) is 0. The van der Waals surface area contributed by atoms with Gasteiger partial charge in [-0.3, -0.25) is 14.7 Å². The zero-order valence-corrected chi connectivity index (χ0v) is 16.4. The predicted molar refractivity (Wildman–Crippen MR) is 105 cm³/mol. The summed E-state index contributed by atoms with van der Waals surface area (Å²) in [5.74, 6) is 0.694. The average molecular weight is 368 g/mol. The van der Waals surface area contributed by atoms with Gasteiger partial charge in [0, 0.05) is 25.8 Å². The topological polar surface area (TPSA) is 67.4 Å². The first-order valence-electron chi connectivity index (χ1n) is 9.51. The molecule has 2 aromatic rings. The minimum absolute atomic E-state index is 0.0651. The molecule has 2 heterocycles. The summed E-state index contributed by atoms with van der Waals surface area (Å²) in [5, 5.41) is 3.00. The fraction of sp³-hybridized carbons (Fsp3) is 0.476. The highest BCUT2D eigenvalue weighted by atomic mass is 16.5. The van der Waals surface area contributed by atoms with Crippen LogP contribution < -0.4 is 10.1 Å². The Hall–Kier alpha value is -2.47. The van der Waals surface area contributed by atoms with E-state index in [1.807, 2.05) is 13.8 Å². The van der Waals surface area contributed by atoms with Crippen LogP contribution in [0.4, 0.5) is 0 Å². The molecule has 6 nitrogen and oxygen atoms in total. The summed E-state index contributed by atoms with van der Waals surface area (Å²) in [6, 6.07) is 8.22. The van der Waals surface area contributed by atoms with Gasteiger partial charge in [0.2, 0.25) is 11.8 Å². The first kappa shape index (κ1) is 19.3. The van der Waals surface area contributed by atoms with Crippen molar-refractivity contribution in [2.45, 2.75) is 46.3 Å². The van der Waals surface area contributed by atoms with Crippen molar-refractivity contribution in [1.29, 1.82) is 0 Å². The molecule has 0 atom stereocenters. The Morgan fingerprint density at radius 3 is 2.59 bits per heavy atom. The van der Waals surface area contributed by atoms with Crippen LogP contribution in [0.15, 0.2) is 30.5 Å². The van der Waals surface area contributed by atoms with Crippen molar-refractivity contribution in [3.8, 4) is 5.88 Å². The van der Waals surface area contributed by atoms with Crippen LogP contribution in [0, 0.1) is 20.8 Å². The first-order valence-corrected chi connectivity index (χ1v) is 9.51. The molecule has 1 amide bonds. The van der Waals surface area contributed by atoms with E-state index in [0.29, 0.717) is 19.0 Å². The minimum Gasteiger partial charge on any atom is -0.473 e. The van der Waals surface area contributed by atoms with Crippen LogP contribution in [-0.4, -0.2) is 46.5 Å². The van der Waals surface area contributed by atoms with Crippen LogP contribution in [0.5, 0.6) is 5.88 Å². The Morgan fingerprint density at radius 2 is 1.89 bits per heavy atom. The molecule has 1 saturated heterocycles. The smallest absolute Gasteiger partial charge is 0.235 e. The number of hydrogen-bond donors (Lipinski definition) is 1. The summed E-state index contributed by atoms with van der Waals surface area (Å²) in [6.45, 7) is 8.59. The molecule has 144 valence electrons. The van der Waals surface area contributed by atoms with Crippen molar-refractivity contribution < 1.29 is 9.53 Å². The van der Waals surface area contributed by atoms with Gasteiger partial charge in [0.1, 0.15) is 6.10 Å². The predicted octanol–water partition coefficient (Wildman–Crippen LogP) is 2.56. The van der Waals surface area contributed by atoms with Gasteiger partial charge in [-0.25, -0.2) is 4.98 Å². The molecular formula is C21H28N4O2. The SMILES string of the molecule is Cc1ccc(CNC(=O)CN2CCC(Oc3nc(C)cnc3C)CC2)cc1. The zero-order chi connectivity index (χ0) is 19.2. The van der Waals surface area contributed by atoms with Gasteiger partial charge in [-0.2, -0.15) is 0 Å².